The van der Waals surface area contributed by atoms with Gasteiger partial charge in [0.15, 0.2) is 9.84 Å². The molecule has 0 spiro atoms. The van der Waals surface area contributed by atoms with Gasteiger partial charge in [-0.2, -0.15) is 0 Å². The van der Waals surface area contributed by atoms with Gasteiger partial charge in [-0.05, 0) is 38.0 Å². The molecule has 4 rings (SSSR count). The van der Waals surface area contributed by atoms with Crippen LogP contribution in [0.15, 0.2) is 35.4 Å². The second-order valence-electron chi connectivity index (χ2n) is 8.55. The molecule has 32 heavy (non-hydrogen) atoms. The Hall–Kier alpha value is -2.49. The molecule has 0 fully saturated rings. The van der Waals surface area contributed by atoms with Crippen LogP contribution in [-0.2, 0) is 32.8 Å². The van der Waals surface area contributed by atoms with Crippen LogP contribution in [0.1, 0.15) is 43.8 Å². The van der Waals surface area contributed by atoms with Crippen molar-refractivity contribution in [3.8, 4) is 0 Å². The third kappa shape index (κ3) is 4.24. The highest BCUT2D eigenvalue weighted by Gasteiger charge is 2.33. The van der Waals surface area contributed by atoms with E-state index in [1.54, 1.807) is 18.3 Å². The largest absolute Gasteiger partial charge is 0.341 e. The third-order valence-corrected chi connectivity index (χ3v) is 7.02. The zero-order chi connectivity index (χ0) is 23.0. The summed E-state index contributed by atoms with van der Waals surface area (Å²) < 4.78 is 26.4. The minimum atomic E-state index is -3.26. The van der Waals surface area contributed by atoms with Crippen LogP contribution in [-0.4, -0.2) is 42.4 Å². The maximum Gasteiger partial charge on any atom is 0.226 e. The zero-order valence-electron chi connectivity index (χ0n) is 19.2. The summed E-state index contributed by atoms with van der Waals surface area (Å²) in [7, 11) is -3.26. The van der Waals surface area contributed by atoms with E-state index in [0.29, 0.717) is 30.0 Å². The van der Waals surface area contributed by atoms with E-state index in [2.05, 4.69) is 34.4 Å². The number of anilines is 1. The van der Waals surface area contributed by atoms with Gasteiger partial charge < -0.3 is 9.47 Å². The molecule has 3 heterocycles. The lowest BCUT2D eigenvalue weighted by Crippen LogP contribution is -2.41. The number of benzene rings is 1. The summed E-state index contributed by atoms with van der Waals surface area (Å²) in [5.41, 5.74) is 3.86. The van der Waals surface area contributed by atoms with E-state index >= 15 is 0 Å². The lowest BCUT2D eigenvalue weighted by molar-refractivity contribution is -0.300. The fourth-order valence-electron chi connectivity index (χ4n) is 4.36. The number of aromatic nitrogens is 3. The molecule has 0 amide bonds. The summed E-state index contributed by atoms with van der Waals surface area (Å²) in [6, 6.07) is 7.60. The summed E-state index contributed by atoms with van der Waals surface area (Å²) in [6.07, 6.45) is 3.05. The molecule has 1 aliphatic heterocycles. The fraction of sp³-hybridized carbons (Fsp3) is 0.478. The minimum Gasteiger partial charge on any atom is -0.341 e. The molecule has 9 heteroatoms. The van der Waals surface area contributed by atoms with E-state index in [-0.39, 0.29) is 6.04 Å². The number of nitrogens with zero attached hydrogens (tertiary/aromatic N) is 4. The molecule has 1 unspecified atom stereocenters. The number of rotatable bonds is 7. The topological polar surface area (TPSA) is 86.5 Å². The van der Waals surface area contributed by atoms with Crippen molar-refractivity contribution in [3.05, 3.63) is 47.4 Å². The van der Waals surface area contributed by atoms with E-state index in [0.717, 1.165) is 40.9 Å². The Bertz CT molecular complexity index is 1240. The summed E-state index contributed by atoms with van der Waals surface area (Å²) in [6.45, 7) is 10.5. The average molecular weight is 459 g/mol. The Labute approximate surface area is 189 Å². The lowest BCUT2D eigenvalue weighted by Gasteiger charge is -2.39. The van der Waals surface area contributed by atoms with E-state index in [4.69, 9.17) is 14.8 Å². The van der Waals surface area contributed by atoms with Gasteiger partial charge in [0.1, 0.15) is 6.61 Å². The van der Waals surface area contributed by atoms with E-state index in [1.165, 1.54) is 6.26 Å². The van der Waals surface area contributed by atoms with Gasteiger partial charge in [0.05, 0.1) is 17.5 Å². The Kier molecular flexibility index (Phi) is 6.24. The van der Waals surface area contributed by atoms with Gasteiger partial charge in [-0.3, -0.25) is 0 Å². The van der Waals surface area contributed by atoms with E-state index in [1.807, 2.05) is 19.9 Å². The predicted octanol–water partition coefficient (Wildman–Crippen LogP) is 3.83. The molecular formula is C23H30N4O4S. The first-order valence-corrected chi connectivity index (χ1v) is 12.8. The first-order chi connectivity index (χ1) is 15.2. The smallest absolute Gasteiger partial charge is 0.226 e. The number of fused-ring (bicyclic) bond motifs is 3. The Morgan fingerprint density at radius 2 is 1.97 bits per heavy atom. The molecule has 0 saturated heterocycles. The molecule has 1 aliphatic rings. The maximum absolute atomic E-state index is 12.1. The van der Waals surface area contributed by atoms with Gasteiger partial charge in [0, 0.05) is 53.4 Å². The molecule has 1 atom stereocenters. The monoisotopic (exact) mass is 458 g/mol. The fourth-order valence-corrected chi connectivity index (χ4v) is 5.00. The lowest BCUT2D eigenvalue weighted by atomic mass is 9.97. The van der Waals surface area contributed by atoms with Crippen LogP contribution in [0.25, 0.3) is 10.9 Å². The second kappa shape index (κ2) is 8.80. The molecule has 0 aliphatic carbocycles. The summed E-state index contributed by atoms with van der Waals surface area (Å²) >= 11 is 0. The molecular weight excluding hydrogens is 428 g/mol. The van der Waals surface area contributed by atoms with E-state index in [9.17, 15) is 8.42 Å². The minimum absolute atomic E-state index is 0.0720. The maximum atomic E-state index is 12.1. The summed E-state index contributed by atoms with van der Waals surface area (Å²) in [5.74, 6) is 0.993. The zero-order valence-corrected chi connectivity index (χ0v) is 20.0. The van der Waals surface area contributed by atoms with Crippen molar-refractivity contribution in [2.75, 3.05) is 24.3 Å². The molecule has 0 N–H and O–H groups in total. The number of hydrogen-bond acceptors (Lipinski definition) is 7. The molecule has 172 valence electrons. The SMILES string of the molecule is CCOOCc1cnc(N2CCn3c(cc4ccc(S(C)(=O)=O)cc43)C2C(C)C)nc1C. The van der Waals surface area contributed by atoms with E-state index < -0.39 is 9.84 Å². The van der Waals surface area contributed by atoms with Crippen LogP contribution >= 0.6 is 0 Å². The van der Waals surface area contributed by atoms with Crippen LogP contribution in [0.5, 0.6) is 0 Å². The molecule has 8 nitrogen and oxygen atoms in total. The van der Waals surface area contributed by atoms with Crippen molar-refractivity contribution < 1.29 is 18.2 Å². The van der Waals surface area contributed by atoms with Crippen molar-refractivity contribution in [2.45, 2.75) is 51.8 Å². The normalized spacial score (nSPS) is 16.7. The van der Waals surface area contributed by atoms with Gasteiger partial charge in [0.2, 0.25) is 5.95 Å². The number of sulfone groups is 1. The summed E-state index contributed by atoms with van der Waals surface area (Å²) in [5, 5.41) is 1.04. The van der Waals surface area contributed by atoms with Gasteiger partial charge in [-0.1, -0.05) is 19.9 Å². The first-order valence-electron chi connectivity index (χ1n) is 10.9. The number of hydrogen-bond donors (Lipinski definition) is 0. The molecule has 0 bridgehead atoms. The Morgan fingerprint density at radius 3 is 2.62 bits per heavy atom. The number of aryl methyl sites for hydroxylation is 1. The van der Waals surface area contributed by atoms with Gasteiger partial charge in [-0.25, -0.2) is 28.2 Å². The highest BCUT2D eigenvalue weighted by atomic mass is 32.2. The van der Waals surface area contributed by atoms with Crippen molar-refractivity contribution in [1.82, 2.24) is 14.5 Å². The van der Waals surface area contributed by atoms with Crippen LogP contribution in [0.2, 0.25) is 0 Å². The van der Waals surface area contributed by atoms with Crippen molar-refractivity contribution in [1.29, 1.82) is 0 Å². The Balaban J connectivity index is 1.71. The van der Waals surface area contributed by atoms with Crippen LogP contribution in [0.4, 0.5) is 5.95 Å². The van der Waals surface area contributed by atoms with Crippen LogP contribution < -0.4 is 4.90 Å². The average Bonchev–Trinajstić information content (AvgIpc) is 3.11. The second-order valence-corrected chi connectivity index (χ2v) is 10.6. The third-order valence-electron chi connectivity index (χ3n) is 5.91. The molecule has 0 radical (unpaired) electrons. The van der Waals surface area contributed by atoms with Gasteiger partial charge in [0.25, 0.3) is 0 Å². The molecule has 3 aromatic rings. The Morgan fingerprint density at radius 1 is 1.19 bits per heavy atom. The predicted molar refractivity (Wildman–Crippen MR) is 123 cm³/mol. The van der Waals surface area contributed by atoms with Gasteiger partial charge >= 0.3 is 0 Å². The van der Waals surface area contributed by atoms with Crippen molar-refractivity contribution >= 4 is 26.7 Å². The van der Waals surface area contributed by atoms with Crippen LogP contribution in [0.3, 0.4) is 0 Å². The highest BCUT2D eigenvalue weighted by molar-refractivity contribution is 7.90. The molecule has 2 aromatic heterocycles. The highest BCUT2D eigenvalue weighted by Crippen LogP contribution is 2.38. The van der Waals surface area contributed by atoms with Crippen molar-refractivity contribution in [3.63, 3.8) is 0 Å². The van der Waals surface area contributed by atoms with Gasteiger partial charge in [-0.15, -0.1) is 0 Å². The molecule has 0 saturated carbocycles. The first kappa shape index (κ1) is 22.7. The summed E-state index contributed by atoms with van der Waals surface area (Å²) in [4.78, 5) is 22.1. The molecule has 1 aromatic carbocycles. The quantitative estimate of drug-likeness (QED) is 0.302. The van der Waals surface area contributed by atoms with Crippen LogP contribution in [0, 0.1) is 12.8 Å². The van der Waals surface area contributed by atoms with Crippen molar-refractivity contribution in [2.24, 2.45) is 5.92 Å². The standard InChI is InChI=1S/C23H30N4O4S/c1-6-30-31-14-18-13-24-23(25-16(18)4)27-10-9-26-20-12-19(32(5,28)29)8-7-17(20)11-21(26)22(27)15(2)3/h7-8,11-13,15,22H,6,9-10,14H2,1-5H3.